The lowest BCUT2D eigenvalue weighted by molar-refractivity contribution is 1.07. The van der Waals surface area contributed by atoms with Crippen molar-refractivity contribution >= 4 is 34.5 Å². The van der Waals surface area contributed by atoms with Gasteiger partial charge in [0.25, 0.3) is 0 Å². The average molecular weight is 214 g/mol. The summed E-state index contributed by atoms with van der Waals surface area (Å²) < 4.78 is 0. The van der Waals surface area contributed by atoms with Gasteiger partial charge in [0.1, 0.15) is 0 Å². The maximum absolute atomic E-state index is 5.69. The summed E-state index contributed by atoms with van der Waals surface area (Å²) in [5, 5.41) is 0. The normalized spacial score (nSPS) is 9.69. The summed E-state index contributed by atoms with van der Waals surface area (Å²) in [6.07, 6.45) is 0. The van der Waals surface area contributed by atoms with Gasteiger partial charge < -0.3 is 4.90 Å². The highest BCUT2D eigenvalue weighted by Crippen LogP contribution is 2.13. The summed E-state index contributed by atoms with van der Waals surface area (Å²) in [7, 11) is 0. The maximum Gasteiger partial charge on any atom is 0.0973 e. The van der Waals surface area contributed by atoms with Gasteiger partial charge in [-0.25, -0.2) is 0 Å². The quantitative estimate of drug-likeness (QED) is 0.561. The van der Waals surface area contributed by atoms with E-state index in [9.17, 15) is 0 Å². The predicted molar refractivity (Wildman–Crippen MR) is 62.8 cm³/mol. The van der Waals surface area contributed by atoms with E-state index in [1.54, 1.807) is 0 Å². The molecule has 13 heavy (non-hydrogen) atoms. The number of thiocarbonyl (C=S) groups is 1. The van der Waals surface area contributed by atoms with Crippen LogP contribution in [0.25, 0.3) is 0 Å². The van der Waals surface area contributed by atoms with E-state index in [0.717, 1.165) is 17.2 Å². The minimum Gasteiger partial charge on any atom is -0.335 e. The minimum absolute atomic E-state index is 0.401. The summed E-state index contributed by atoms with van der Waals surface area (Å²) in [5.41, 5.74) is 1.11. The maximum atomic E-state index is 5.69. The van der Waals surface area contributed by atoms with E-state index in [2.05, 4.69) is 6.92 Å². The van der Waals surface area contributed by atoms with E-state index in [4.69, 9.17) is 23.8 Å². The topological polar surface area (TPSA) is 3.24 Å². The number of para-hydroxylation sites is 1. The van der Waals surface area contributed by atoms with Gasteiger partial charge in [-0.2, -0.15) is 0 Å². The Labute approximate surface area is 89.3 Å². The summed E-state index contributed by atoms with van der Waals surface area (Å²) in [6.45, 7) is 2.92. The zero-order valence-electron chi connectivity index (χ0n) is 7.53. The van der Waals surface area contributed by atoms with Crippen molar-refractivity contribution in [1.82, 2.24) is 0 Å². The van der Waals surface area contributed by atoms with Crippen LogP contribution in [0.15, 0.2) is 30.3 Å². The number of alkyl halides is 1. The van der Waals surface area contributed by atoms with Crippen molar-refractivity contribution in [2.75, 3.05) is 17.3 Å². The van der Waals surface area contributed by atoms with Crippen molar-refractivity contribution in [3.63, 3.8) is 0 Å². The van der Waals surface area contributed by atoms with Crippen LogP contribution in [0.1, 0.15) is 6.92 Å². The molecule has 0 heterocycles. The second-order valence-electron chi connectivity index (χ2n) is 2.61. The van der Waals surface area contributed by atoms with Crippen molar-refractivity contribution in [2.45, 2.75) is 6.92 Å². The van der Waals surface area contributed by atoms with E-state index in [0.29, 0.717) is 5.88 Å². The van der Waals surface area contributed by atoms with E-state index in [1.807, 2.05) is 35.2 Å². The lowest BCUT2D eigenvalue weighted by Crippen LogP contribution is -2.29. The van der Waals surface area contributed by atoms with Crippen molar-refractivity contribution in [3.8, 4) is 0 Å². The van der Waals surface area contributed by atoms with Gasteiger partial charge in [-0.3, -0.25) is 0 Å². The van der Waals surface area contributed by atoms with E-state index in [1.165, 1.54) is 0 Å². The van der Waals surface area contributed by atoms with Gasteiger partial charge in [0.05, 0.1) is 10.9 Å². The standard InChI is InChI=1S/C10H12ClNS/c1-2-12(10(13)8-11)9-6-4-3-5-7-9/h3-7H,2,8H2,1H3. The largest absolute Gasteiger partial charge is 0.335 e. The molecule has 0 amide bonds. The SMILES string of the molecule is CCN(C(=S)CCl)c1ccccc1. The molecule has 0 aliphatic heterocycles. The highest BCUT2D eigenvalue weighted by Gasteiger charge is 2.07. The smallest absolute Gasteiger partial charge is 0.0973 e. The molecule has 70 valence electrons. The second-order valence-corrected chi connectivity index (χ2v) is 3.35. The van der Waals surface area contributed by atoms with Crippen molar-refractivity contribution in [3.05, 3.63) is 30.3 Å². The molecule has 1 aromatic carbocycles. The average Bonchev–Trinajstić information content (AvgIpc) is 2.20. The van der Waals surface area contributed by atoms with Crippen LogP contribution < -0.4 is 4.90 Å². The Balaban J connectivity index is 2.85. The monoisotopic (exact) mass is 213 g/mol. The van der Waals surface area contributed by atoms with Gasteiger partial charge in [-0.05, 0) is 19.1 Å². The highest BCUT2D eigenvalue weighted by atomic mass is 35.5. The summed E-state index contributed by atoms with van der Waals surface area (Å²) in [6, 6.07) is 10.0. The first-order valence-electron chi connectivity index (χ1n) is 4.21. The van der Waals surface area contributed by atoms with Gasteiger partial charge in [0.15, 0.2) is 0 Å². The Morgan fingerprint density at radius 1 is 1.38 bits per heavy atom. The van der Waals surface area contributed by atoms with Gasteiger partial charge in [0.2, 0.25) is 0 Å². The molecular formula is C10H12ClNS. The molecule has 0 aliphatic carbocycles. The van der Waals surface area contributed by atoms with E-state index in [-0.39, 0.29) is 0 Å². The van der Waals surface area contributed by atoms with Gasteiger partial charge >= 0.3 is 0 Å². The molecule has 1 aromatic rings. The third kappa shape index (κ3) is 2.68. The molecule has 0 N–H and O–H groups in total. The fourth-order valence-electron chi connectivity index (χ4n) is 1.18. The van der Waals surface area contributed by atoms with Crippen LogP contribution in [-0.4, -0.2) is 17.4 Å². The molecule has 1 rings (SSSR count). The number of hydrogen-bond donors (Lipinski definition) is 0. The fourth-order valence-corrected chi connectivity index (χ4v) is 1.56. The third-order valence-corrected chi connectivity index (χ3v) is 2.58. The molecule has 3 heteroatoms. The summed E-state index contributed by atoms with van der Waals surface area (Å²) in [5.74, 6) is 0.401. The highest BCUT2D eigenvalue weighted by molar-refractivity contribution is 7.80. The number of hydrogen-bond acceptors (Lipinski definition) is 1. The molecule has 0 saturated carbocycles. The van der Waals surface area contributed by atoms with Crippen LogP contribution in [0.2, 0.25) is 0 Å². The minimum atomic E-state index is 0.401. The Morgan fingerprint density at radius 2 is 2.00 bits per heavy atom. The Bertz CT molecular complexity index is 274. The number of anilines is 1. The summed E-state index contributed by atoms with van der Waals surface area (Å²) in [4.78, 5) is 2.80. The Morgan fingerprint density at radius 3 is 2.46 bits per heavy atom. The van der Waals surface area contributed by atoms with E-state index >= 15 is 0 Å². The fraction of sp³-hybridized carbons (Fsp3) is 0.300. The molecule has 0 unspecified atom stereocenters. The first kappa shape index (κ1) is 10.5. The number of benzene rings is 1. The molecule has 0 fully saturated rings. The molecule has 0 aliphatic rings. The van der Waals surface area contributed by atoms with Gasteiger partial charge in [-0.15, -0.1) is 11.6 Å². The molecular weight excluding hydrogens is 202 g/mol. The third-order valence-electron chi connectivity index (χ3n) is 1.80. The number of halogens is 1. The van der Waals surface area contributed by atoms with Crippen LogP contribution in [0, 0.1) is 0 Å². The number of rotatable bonds is 3. The van der Waals surface area contributed by atoms with Crippen LogP contribution in [0.5, 0.6) is 0 Å². The first-order chi connectivity index (χ1) is 6.29. The predicted octanol–water partition coefficient (Wildman–Crippen LogP) is 3.08. The lowest BCUT2D eigenvalue weighted by Gasteiger charge is -2.22. The molecule has 0 aromatic heterocycles. The van der Waals surface area contributed by atoms with Crippen LogP contribution in [0.4, 0.5) is 5.69 Å². The van der Waals surface area contributed by atoms with Crippen molar-refractivity contribution < 1.29 is 0 Å². The van der Waals surface area contributed by atoms with Gasteiger partial charge in [-0.1, -0.05) is 30.4 Å². The zero-order chi connectivity index (χ0) is 9.68. The first-order valence-corrected chi connectivity index (χ1v) is 5.15. The molecule has 0 atom stereocenters. The van der Waals surface area contributed by atoms with Gasteiger partial charge in [0, 0.05) is 12.2 Å². The summed E-state index contributed by atoms with van der Waals surface area (Å²) >= 11 is 10.8. The Kier molecular flexibility index (Phi) is 4.19. The second kappa shape index (κ2) is 5.20. The molecule has 0 saturated heterocycles. The zero-order valence-corrected chi connectivity index (χ0v) is 9.11. The van der Waals surface area contributed by atoms with Crippen LogP contribution in [-0.2, 0) is 0 Å². The van der Waals surface area contributed by atoms with Crippen molar-refractivity contribution in [2.24, 2.45) is 0 Å². The lowest BCUT2D eigenvalue weighted by atomic mass is 10.3. The van der Waals surface area contributed by atoms with E-state index < -0.39 is 0 Å². The molecule has 0 bridgehead atoms. The van der Waals surface area contributed by atoms with Crippen molar-refractivity contribution in [1.29, 1.82) is 0 Å². The molecule has 0 spiro atoms. The molecule has 1 nitrogen and oxygen atoms in total. The van der Waals surface area contributed by atoms with Crippen LogP contribution in [0.3, 0.4) is 0 Å². The Hall–Kier alpha value is -0.600. The molecule has 0 radical (unpaired) electrons. The van der Waals surface area contributed by atoms with Crippen LogP contribution >= 0.6 is 23.8 Å². The number of nitrogens with zero attached hydrogens (tertiary/aromatic N) is 1.